The summed E-state index contributed by atoms with van der Waals surface area (Å²) in [7, 11) is 0. The van der Waals surface area contributed by atoms with Crippen LogP contribution in [-0.4, -0.2) is 0 Å². The molecule has 3 heterocycles. The second-order valence-corrected chi connectivity index (χ2v) is 28.2. The third-order valence-corrected chi connectivity index (χ3v) is 22.7. The van der Waals surface area contributed by atoms with Crippen molar-refractivity contribution >= 4 is 111 Å². The van der Waals surface area contributed by atoms with E-state index in [9.17, 15) is 0 Å². The van der Waals surface area contributed by atoms with E-state index in [4.69, 9.17) is 16.0 Å². The number of thiophene rings is 1. The molecule has 19 rings (SSSR count). The highest BCUT2D eigenvalue weighted by Crippen LogP contribution is 2.64. The normalized spacial score (nSPS) is 14.6. The molecule has 14 aromatic carbocycles. The van der Waals surface area contributed by atoms with Gasteiger partial charge < -0.3 is 14.2 Å². The SMILES string of the molecule is CC1(C)c2ccccc2-c2ccc(N(c3ccc(-c4ccc5c(c4)Sc4ccc(N(c6ccccc6)c6cc(-c7ccccc7)cc7oc8ccccc8c67)cc4C54c5ccccc5-c5cc(Cl)ccc54)cc3)c3cc4c(cc3-c3ccccc3)sc3ccccc34)cc21. The van der Waals surface area contributed by atoms with Crippen molar-refractivity contribution in [3.05, 3.63) is 348 Å². The van der Waals surface area contributed by atoms with Crippen molar-refractivity contribution in [3.8, 4) is 55.6 Å². The van der Waals surface area contributed by atoms with Crippen molar-refractivity contribution in [2.24, 2.45) is 0 Å². The summed E-state index contributed by atoms with van der Waals surface area (Å²) in [6, 6.07) is 114. The number of rotatable bonds is 9. The fourth-order valence-electron chi connectivity index (χ4n) is 15.9. The van der Waals surface area contributed by atoms with E-state index in [1.807, 2.05) is 23.1 Å². The molecule has 94 heavy (non-hydrogen) atoms. The molecule has 444 valence electrons. The molecule has 1 unspecified atom stereocenters. The number of fused-ring (bicyclic) bond motifs is 18. The summed E-state index contributed by atoms with van der Waals surface area (Å²) < 4.78 is 9.36. The van der Waals surface area contributed by atoms with Gasteiger partial charge in [0.25, 0.3) is 0 Å². The number of anilines is 6. The van der Waals surface area contributed by atoms with Crippen LogP contribution >= 0.6 is 34.7 Å². The predicted molar refractivity (Wildman–Crippen MR) is 396 cm³/mol. The molecule has 3 aliphatic rings. The Morgan fingerprint density at radius 3 is 1.70 bits per heavy atom. The maximum atomic E-state index is 7.05. The molecule has 3 nitrogen and oxygen atoms in total. The fraction of sp³-hybridized carbons (Fsp3) is 0.0455. The Hall–Kier alpha value is -10.7. The minimum Gasteiger partial charge on any atom is -0.456 e. The monoisotopic (exact) mass is 1260 g/mol. The highest BCUT2D eigenvalue weighted by atomic mass is 35.5. The van der Waals surface area contributed by atoms with Crippen molar-refractivity contribution in [1.82, 2.24) is 0 Å². The van der Waals surface area contributed by atoms with Gasteiger partial charge >= 0.3 is 0 Å². The van der Waals surface area contributed by atoms with E-state index >= 15 is 0 Å². The first-order chi connectivity index (χ1) is 46.2. The summed E-state index contributed by atoms with van der Waals surface area (Å²) >= 11 is 10.8. The van der Waals surface area contributed by atoms with Crippen LogP contribution in [0.4, 0.5) is 34.1 Å². The van der Waals surface area contributed by atoms with Crippen LogP contribution in [0.2, 0.25) is 5.02 Å². The standard InChI is InChI=1S/C88H57ClN2OS2/c1-87(2)72-30-16-12-26-64(72)66-42-40-62(50-76(66)87)90(78-52-71-67-28-15-19-33-82(67)93-84(71)53-69(78)56-22-8-4-9-23-56)61-38-34-55(35-39-61)57-36-43-75-85(48-57)94-83-45-41-63(51-77(83)88(75)73-31-17-13-27-65(73)70-49-59(89)37-44-74(70)88)91(60-24-10-5-11-25-60)79-46-58(54-20-6-3-7-21-54)47-81-86(79)68-29-14-18-32-80(68)92-81/h3-53H,1-2H3. The molecule has 1 aliphatic heterocycles. The van der Waals surface area contributed by atoms with Gasteiger partial charge in [0.15, 0.2) is 0 Å². The fourth-order valence-corrected chi connectivity index (χ4v) is 18.4. The second-order valence-electron chi connectivity index (χ2n) is 25.6. The number of benzene rings is 14. The highest BCUT2D eigenvalue weighted by Gasteiger charge is 2.51. The van der Waals surface area contributed by atoms with Gasteiger partial charge in [-0.2, -0.15) is 0 Å². The number of halogens is 1. The van der Waals surface area contributed by atoms with E-state index in [0.29, 0.717) is 0 Å². The summed E-state index contributed by atoms with van der Waals surface area (Å²) in [5, 5.41) is 5.39. The highest BCUT2D eigenvalue weighted by molar-refractivity contribution is 7.99. The Bertz CT molecular complexity index is 5770. The van der Waals surface area contributed by atoms with Gasteiger partial charge in [-0.05, 0) is 193 Å². The average Bonchev–Trinajstić information content (AvgIpc) is 1.46. The first-order valence-electron chi connectivity index (χ1n) is 32.1. The third-order valence-electron chi connectivity index (χ3n) is 20.2. The van der Waals surface area contributed by atoms with Crippen LogP contribution < -0.4 is 9.80 Å². The van der Waals surface area contributed by atoms with E-state index in [0.717, 1.165) is 88.9 Å². The minimum atomic E-state index is -0.700. The molecule has 0 radical (unpaired) electrons. The lowest BCUT2D eigenvalue weighted by atomic mass is 9.67. The van der Waals surface area contributed by atoms with Crippen LogP contribution in [0.1, 0.15) is 47.2 Å². The molecular formula is C88H57ClN2OS2. The number of nitrogens with zero attached hydrogens (tertiary/aromatic N) is 2. The molecule has 0 saturated carbocycles. The topological polar surface area (TPSA) is 19.6 Å². The lowest BCUT2D eigenvalue weighted by Crippen LogP contribution is -2.32. The lowest BCUT2D eigenvalue weighted by Gasteiger charge is -2.40. The summed E-state index contributed by atoms with van der Waals surface area (Å²) in [5.41, 5.74) is 26.7. The number of furan rings is 1. The van der Waals surface area contributed by atoms with Gasteiger partial charge in [0.05, 0.1) is 22.2 Å². The molecule has 0 fully saturated rings. The van der Waals surface area contributed by atoms with Gasteiger partial charge in [-0.15, -0.1) is 11.3 Å². The van der Waals surface area contributed by atoms with Crippen molar-refractivity contribution < 1.29 is 4.42 Å². The Labute approximate surface area is 559 Å². The van der Waals surface area contributed by atoms with Crippen molar-refractivity contribution in [1.29, 1.82) is 0 Å². The molecule has 2 aliphatic carbocycles. The molecule has 0 N–H and O–H groups in total. The minimum absolute atomic E-state index is 0.185. The molecule has 0 amide bonds. The predicted octanol–water partition coefficient (Wildman–Crippen LogP) is 25.7. The van der Waals surface area contributed by atoms with Gasteiger partial charge in [-0.25, -0.2) is 0 Å². The molecule has 0 saturated heterocycles. The van der Waals surface area contributed by atoms with Crippen LogP contribution in [0.3, 0.4) is 0 Å². The van der Waals surface area contributed by atoms with E-state index in [2.05, 4.69) is 333 Å². The quantitative estimate of drug-likeness (QED) is 0.143. The molecule has 1 spiro atoms. The van der Waals surface area contributed by atoms with Gasteiger partial charge in [0.2, 0.25) is 0 Å². The van der Waals surface area contributed by atoms with Gasteiger partial charge in [-0.1, -0.05) is 237 Å². The molecule has 0 bridgehead atoms. The smallest absolute Gasteiger partial charge is 0.138 e. The van der Waals surface area contributed by atoms with E-state index in [-0.39, 0.29) is 5.41 Å². The number of para-hydroxylation sites is 2. The van der Waals surface area contributed by atoms with Gasteiger partial charge in [-0.3, -0.25) is 0 Å². The number of hydrogen-bond donors (Lipinski definition) is 0. The molecule has 1 atom stereocenters. The Kier molecular flexibility index (Phi) is 12.4. The average molecular weight is 1260 g/mol. The maximum Gasteiger partial charge on any atom is 0.138 e. The molecule has 16 aromatic rings. The van der Waals surface area contributed by atoms with Crippen LogP contribution in [0, 0.1) is 0 Å². The Balaban J connectivity index is 0.781. The first-order valence-corrected chi connectivity index (χ1v) is 34.1. The number of hydrogen-bond acceptors (Lipinski definition) is 5. The zero-order valence-corrected chi connectivity index (χ0v) is 53.8. The van der Waals surface area contributed by atoms with Crippen LogP contribution in [0.25, 0.3) is 97.7 Å². The Morgan fingerprint density at radius 2 is 0.904 bits per heavy atom. The van der Waals surface area contributed by atoms with Crippen LogP contribution in [0.15, 0.2) is 324 Å². The van der Waals surface area contributed by atoms with Crippen molar-refractivity contribution in [2.75, 3.05) is 9.80 Å². The summed E-state index contributed by atoms with van der Waals surface area (Å²) in [4.78, 5) is 7.37. The molecule has 6 heteroatoms. The van der Waals surface area contributed by atoms with Crippen LogP contribution in [-0.2, 0) is 10.8 Å². The largest absolute Gasteiger partial charge is 0.456 e. The maximum absolute atomic E-state index is 7.05. The second kappa shape index (κ2) is 21.2. The summed E-state index contributed by atoms with van der Waals surface area (Å²) in [6.45, 7) is 4.75. The van der Waals surface area contributed by atoms with E-state index in [1.54, 1.807) is 0 Å². The lowest BCUT2D eigenvalue weighted by molar-refractivity contribution is 0.660. The van der Waals surface area contributed by atoms with E-state index in [1.165, 1.54) is 91.2 Å². The van der Waals surface area contributed by atoms with Crippen molar-refractivity contribution in [3.63, 3.8) is 0 Å². The zero-order chi connectivity index (χ0) is 62.4. The van der Waals surface area contributed by atoms with E-state index < -0.39 is 5.41 Å². The van der Waals surface area contributed by atoms with Gasteiger partial charge in [0, 0.05) is 74.1 Å². The summed E-state index contributed by atoms with van der Waals surface area (Å²) in [5.74, 6) is 0. The first kappa shape index (κ1) is 55.0. The Morgan fingerprint density at radius 1 is 0.319 bits per heavy atom. The van der Waals surface area contributed by atoms with Crippen LogP contribution in [0.5, 0.6) is 0 Å². The zero-order valence-electron chi connectivity index (χ0n) is 51.4. The van der Waals surface area contributed by atoms with Crippen molar-refractivity contribution in [2.45, 2.75) is 34.5 Å². The summed E-state index contributed by atoms with van der Waals surface area (Å²) in [6.07, 6.45) is 0. The third kappa shape index (κ3) is 8.31. The molecule has 2 aromatic heterocycles. The van der Waals surface area contributed by atoms with Gasteiger partial charge in [0.1, 0.15) is 11.2 Å². The molecular weight excluding hydrogens is 1200 g/mol.